The molecule has 0 aromatic rings. The summed E-state index contributed by atoms with van der Waals surface area (Å²) in [5, 5.41) is 2.99. The summed E-state index contributed by atoms with van der Waals surface area (Å²) in [4.78, 5) is 13.7. The Morgan fingerprint density at radius 1 is 1.61 bits per heavy atom. The number of carbonyl (C=O) groups is 1. The lowest BCUT2D eigenvalue weighted by atomic mass is 10.0. The average Bonchev–Trinajstić information content (AvgIpc) is 2.40. The Hall–Kier alpha value is -0.650. The van der Waals surface area contributed by atoms with Gasteiger partial charge in [0, 0.05) is 13.2 Å². The van der Waals surface area contributed by atoms with Gasteiger partial charge in [-0.15, -0.1) is 0 Å². The van der Waals surface area contributed by atoms with Gasteiger partial charge in [-0.1, -0.05) is 0 Å². The van der Waals surface area contributed by atoms with Gasteiger partial charge in [-0.25, -0.2) is 0 Å². The number of esters is 1. The first-order chi connectivity index (χ1) is 8.67. The van der Waals surface area contributed by atoms with Gasteiger partial charge >= 0.3 is 5.97 Å². The smallest absolute Gasteiger partial charge is 0.322 e. The molecule has 1 saturated heterocycles. The Labute approximate surface area is 110 Å². The fourth-order valence-electron chi connectivity index (χ4n) is 2.36. The van der Waals surface area contributed by atoms with E-state index < -0.39 is 0 Å². The molecule has 18 heavy (non-hydrogen) atoms. The van der Waals surface area contributed by atoms with E-state index in [0.717, 1.165) is 32.7 Å². The van der Waals surface area contributed by atoms with E-state index in [4.69, 9.17) is 9.47 Å². The molecule has 2 atom stereocenters. The van der Waals surface area contributed by atoms with Crippen molar-refractivity contribution in [2.75, 3.05) is 47.5 Å². The van der Waals surface area contributed by atoms with Crippen molar-refractivity contribution < 1.29 is 14.3 Å². The van der Waals surface area contributed by atoms with Crippen LogP contribution >= 0.6 is 0 Å². The molecule has 0 radical (unpaired) electrons. The highest BCUT2D eigenvalue weighted by atomic mass is 16.5. The number of hydrogen-bond donors (Lipinski definition) is 1. The first-order valence-electron chi connectivity index (χ1n) is 6.68. The predicted octanol–water partition coefficient (Wildman–Crippen LogP) is 0.496. The van der Waals surface area contributed by atoms with E-state index in [9.17, 15) is 4.79 Å². The number of likely N-dealkylation sites (N-methyl/N-ethyl adjacent to an activating group) is 1. The summed E-state index contributed by atoms with van der Waals surface area (Å²) >= 11 is 0. The Morgan fingerprint density at radius 3 is 2.94 bits per heavy atom. The number of rotatable bonds is 7. The number of hydrogen-bond acceptors (Lipinski definition) is 5. The molecular formula is C13H26N2O3. The fraction of sp³-hybridized carbons (Fsp3) is 0.923. The van der Waals surface area contributed by atoms with Crippen molar-refractivity contribution in [2.24, 2.45) is 5.92 Å². The summed E-state index contributed by atoms with van der Waals surface area (Å²) in [5.74, 6) is 0.446. The van der Waals surface area contributed by atoms with Crippen molar-refractivity contribution in [3.63, 3.8) is 0 Å². The van der Waals surface area contributed by atoms with Gasteiger partial charge in [-0.3, -0.25) is 4.79 Å². The zero-order chi connectivity index (χ0) is 13.4. The normalized spacial score (nSPS) is 21.9. The summed E-state index contributed by atoms with van der Waals surface area (Å²) in [5.41, 5.74) is 0. The highest BCUT2D eigenvalue weighted by Gasteiger charge is 2.19. The van der Waals surface area contributed by atoms with Gasteiger partial charge in [0.05, 0.1) is 13.7 Å². The van der Waals surface area contributed by atoms with E-state index in [1.54, 1.807) is 7.05 Å². The summed E-state index contributed by atoms with van der Waals surface area (Å²) in [6, 6.07) is -0.208. The Kier molecular flexibility index (Phi) is 7.23. The molecule has 0 aromatic heterocycles. The van der Waals surface area contributed by atoms with Gasteiger partial charge in [0.15, 0.2) is 0 Å². The number of nitrogens with one attached hydrogen (secondary N) is 1. The molecule has 1 heterocycles. The maximum absolute atomic E-state index is 11.4. The minimum absolute atomic E-state index is 0.188. The van der Waals surface area contributed by atoms with Gasteiger partial charge < -0.3 is 19.7 Å². The van der Waals surface area contributed by atoms with Crippen LogP contribution in [0.3, 0.4) is 0 Å². The molecule has 1 aliphatic heterocycles. The van der Waals surface area contributed by atoms with Crippen LogP contribution in [0.15, 0.2) is 0 Å². The van der Waals surface area contributed by atoms with Crippen LogP contribution < -0.4 is 5.32 Å². The van der Waals surface area contributed by atoms with E-state index in [0.29, 0.717) is 5.92 Å². The molecule has 1 rings (SSSR count). The van der Waals surface area contributed by atoms with E-state index >= 15 is 0 Å². The standard InChI is InChI=1S/C13H26N2O3/c1-14-12(13(16)17-3)6-7-15(2)9-11-5-4-8-18-10-11/h11-12,14H,4-10H2,1-3H3. The maximum atomic E-state index is 11.4. The number of methoxy groups -OCH3 is 1. The molecule has 1 aliphatic rings. The second kappa shape index (κ2) is 8.45. The van der Waals surface area contributed by atoms with Gasteiger partial charge in [-0.2, -0.15) is 0 Å². The Bertz CT molecular complexity index is 242. The molecule has 1 fully saturated rings. The molecule has 0 spiro atoms. The maximum Gasteiger partial charge on any atom is 0.322 e. The SMILES string of the molecule is CNC(CCN(C)CC1CCCOC1)C(=O)OC. The third-order valence-electron chi connectivity index (χ3n) is 3.46. The molecule has 2 unspecified atom stereocenters. The fourth-order valence-corrected chi connectivity index (χ4v) is 2.36. The van der Waals surface area contributed by atoms with E-state index in [2.05, 4.69) is 17.3 Å². The highest BCUT2D eigenvalue weighted by molar-refractivity contribution is 5.75. The lowest BCUT2D eigenvalue weighted by molar-refractivity contribution is -0.143. The Morgan fingerprint density at radius 2 is 2.39 bits per heavy atom. The number of nitrogens with zero attached hydrogens (tertiary/aromatic N) is 1. The lowest BCUT2D eigenvalue weighted by Crippen LogP contribution is -2.39. The van der Waals surface area contributed by atoms with Crippen molar-refractivity contribution in [1.29, 1.82) is 0 Å². The van der Waals surface area contributed by atoms with Crippen molar-refractivity contribution in [3.05, 3.63) is 0 Å². The second-order valence-electron chi connectivity index (χ2n) is 5.00. The van der Waals surface area contributed by atoms with Crippen molar-refractivity contribution in [1.82, 2.24) is 10.2 Å². The van der Waals surface area contributed by atoms with Crippen molar-refractivity contribution in [3.8, 4) is 0 Å². The quantitative estimate of drug-likeness (QED) is 0.674. The van der Waals surface area contributed by atoms with E-state index in [1.807, 2.05) is 0 Å². The molecule has 0 aliphatic carbocycles. The van der Waals surface area contributed by atoms with Crippen molar-refractivity contribution >= 4 is 5.97 Å². The molecule has 0 amide bonds. The van der Waals surface area contributed by atoms with E-state index in [-0.39, 0.29) is 12.0 Å². The van der Waals surface area contributed by atoms with Gasteiger partial charge in [0.1, 0.15) is 6.04 Å². The summed E-state index contributed by atoms with van der Waals surface area (Å²) in [6.07, 6.45) is 3.18. The molecule has 106 valence electrons. The second-order valence-corrected chi connectivity index (χ2v) is 5.00. The van der Waals surface area contributed by atoms with Crippen LogP contribution in [0.5, 0.6) is 0 Å². The van der Waals surface area contributed by atoms with Gasteiger partial charge in [-0.05, 0) is 45.8 Å². The molecular weight excluding hydrogens is 232 g/mol. The topological polar surface area (TPSA) is 50.8 Å². The van der Waals surface area contributed by atoms with Gasteiger partial charge in [0.2, 0.25) is 0 Å². The van der Waals surface area contributed by atoms with Crippen LogP contribution in [0.25, 0.3) is 0 Å². The summed E-state index contributed by atoms with van der Waals surface area (Å²) < 4.78 is 10.2. The van der Waals surface area contributed by atoms with Crippen LogP contribution in [0.1, 0.15) is 19.3 Å². The van der Waals surface area contributed by atoms with Crippen LogP contribution in [-0.2, 0) is 14.3 Å². The third-order valence-corrected chi connectivity index (χ3v) is 3.46. The monoisotopic (exact) mass is 258 g/mol. The van der Waals surface area contributed by atoms with Crippen LogP contribution in [0.4, 0.5) is 0 Å². The minimum Gasteiger partial charge on any atom is -0.468 e. The first-order valence-corrected chi connectivity index (χ1v) is 6.68. The van der Waals surface area contributed by atoms with Crippen LogP contribution in [0.2, 0.25) is 0 Å². The van der Waals surface area contributed by atoms with Gasteiger partial charge in [0.25, 0.3) is 0 Å². The Balaban J connectivity index is 2.22. The molecule has 0 bridgehead atoms. The lowest BCUT2D eigenvalue weighted by Gasteiger charge is -2.27. The summed E-state index contributed by atoms with van der Waals surface area (Å²) in [6.45, 7) is 3.70. The highest BCUT2D eigenvalue weighted by Crippen LogP contribution is 2.14. The zero-order valence-electron chi connectivity index (χ0n) is 11.8. The molecule has 1 N–H and O–H groups in total. The zero-order valence-corrected chi connectivity index (χ0v) is 11.8. The van der Waals surface area contributed by atoms with Crippen molar-refractivity contribution in [2.45, 2.75) is 25.3 Å². The van der Waals surface area contributed by atoms with Crippen LogP contribution in [-0.4, -0.2) is 64.4 Å². The molecule has 5 heteroatoms. The summed E-state index contributed by atoms with van der Waals surface area (Å²) in [7, 11) is 5.31. The third kappa shape index (κ3) is 5.33. The largest absolute Gasteiger partial charge is 0.468 e. The first kappa shape index (κ1) is 15.4. The predicted molar refractivity (Wildman–Crippen MR) is 70.5 cm³/mol. The van der Waals surface area contributed by atoms with Crippen LogP contribution in [0, 0.1) is 5.92 Å². The molecule has 0 aromatic carbocycles. The van der Waals surface area contributed by atoms with E-state index in [1.165, 1.54) is 20.0 Å². The average molecular weight is 258 g/mol. The molecule has 5 nitrogen and oxygen atoms in total. The number of carbonyl (C=O) groups excluding carboxylic acids is 1. The molecule has 0 saturated carbocycles. The minimum atomic E-state index is -0.208. The number of ether oxygens (including phenoxy) is 2.